The molecule has 0 aliphatic carbocycles. The van der Waals surface area contributed by atoms with Crippen LogP contribution in [-0.4, -0.2) is 37.0 Å². The van der Waals surface area contributed by atoms with Gasteiger partial charge < -0.3 is 14.8 Å². The summed E-state index contributed by atoms with van der Waals surface area (Å²) in [4.78, 5) is 51.7. The summed E-state index contributed by atoms with van der Waals surface area (Å²) in [7, 11) is 0. The van der Waals surface area contributed by atoms with Crippen molar-refractivity contribution in [3.05, 3.63) is 85.9 Å². The lowest BCUT2D eigenvalue weighted by Crippen LogP contribution is -2.54. The molecule has 4 rings (SSSR count). The maximum atomic E-state index is 13.2. The number of rotatable bonds is 8. The first-order valence-electron chi connectivity index (χ1n) is 12.3. The first kappa shape index (κ1) is 29.9. The smallest absolute Gasteiger partial charge is 0.335 e. The summed E-state index contributed by atoms with van der Waals surface area (Å²) in [6.45, 7) is 5.48. The summed E-state index contributed by atoms with van der Waals surface area (Å²) < 4.78 is 11.4. The second-order valence-corrected chi connectivity index (χ2v) is 10.1. The van der Waals surface area contributed by atoms with Gasteiger partial charge in [0.25, 0.3) is 17.7 Å². The van der Waals surface area contributed by atoms with E-state index < -0.39 is 23.8 Å². The van der Waals surface area contributed by atoms with E-state index in [9.17, 15) is 19.2 Å². The Bertz CT molecular complexity index is 1600. The first-order valence-corrected chi connectivity index (χ1v) is 13.4. The van der Waals surface area contributed by atoms with Crippen LogP contribution in [0.25, 0.3) is 6.08 Å². The number of imide groups is 2. The number of aryl methyl sites for hydroxylation is 1. The van der Waals surface area contributed by atoms with Crippen LogP contribution in [0.15, 0.2) is 54.1 Å². The summed E-state index contributed by atoms with van der Waals surface area (Å²) in [6, 6.07) is 11.8. The summed E-state index contributed by atoms with van der Waals surface area (Å²) >= 11 is 18.5. The third kappa shape index (κ3) is 6.65. The zero-order valence-electron chi connectivity index (χ0n) is 22.1. The molecule has 0 bridgehead atoms. The molecule has 0 saturated carbocycles. The van der Waals surface area contributed by atoms with Crippen molar-refractivity contribution in [3.63, 3.8) is 0 Å². The zero-order valence-corrected chi connectivity index (χ0v) is 24.4. The van der Waals surface area contributed by atoms with E-state index in [1.807, 2.05) is 26.0 Å². The van der Waals surface area contributed by atoms with E-state index in [-0.39, 0.29) is 51.0 Å². The number of nitrogens with zero attached hydrogens (tertiary/aromatic N) is 1. The van der Waals surface area contributed by atoms with E-state index in [2.05, 4.69) is 10.6 Å². The second-order valence-electron chi connectivity index (χ2n) is 8.90. The molecule has 5 amide bonds. The molecule has 1 fully saturated rings. The monoisotopic (exact) mass is 615 g/mol. The predicted molar refractivity (Wildman–Crippen MR) is 158 cm³/mol. The van der Waals surface area contributed by atoms with Crippen LogP contribution in [0.1, 0.15) is 23.6 Å². The molecule has 0 spiro atoms. The van der Waals surface area contributed by atoms with Gasteiger partial charge in [0.1, 0.15) is 5.57 Å². The highest BCUT2D eigenvalue weighted by atomic mass is 35.5. The first-order chi connectivity index (χ1) is 19.5. The minimum atomic E-state index is -0.938. The van der Waals surface area contributed by atoms with Crippen LogP contribution in [0, 0.1) is 13.8 Å². The number of anilines is 2. The van der Waals surface area contributed by atoms with Crippen molar-refractivity contribution in [2.75, 3.05) is 23.4 Å². The number of nitrogens with one attached hydrogen (secondary N) is 2. The topological polar surface area (TPSA) is 114 Å². The third-order valence-electron chi connectivity index (χ3n) is 6.13. The van der Waals surface area contributed by atoms with Crippen LogP contribution in [0.5, 0.6) is 11.5 Å². The van der Waals surface area contributed by atoms with Crippen LogP contribution in [-0.2, 0) is 14.4 Å². The van der Waals surface area contributed by atoms with Crippen LogP contribution >= 0.6 is 34.8 Å². The number of amides is 5. The van der Waals surface area contributed by atoms with Crippen molar-refractivity contribution in [1.82, 2.24) is 5.32 Å². The molecule has 3 aromatic carbocycles. The minimum Gasteiger partial charge on any atom is -0.490 e. The van der Waals surface area contributed by atoms with Crippen molar-refractivity contribution in [2.45, 2.75) is 20.8 Å². The molecule has 2 N–H and O–H groups in total. The third-order valence-corrected chi connectivity index (χ3v) is 7.15. The van der Waals surface area contributed by atoms with Gasteiger partial charge in [0, 0.05) is 5.69 Å². The molecule has 0 unspecified atom stereocenters. The number of carbonyl (C=O) groups is 4. The van der Waals surface area contributed by atoms with Crippen LogP contribution < -0.4 is 25.0 Å². The van der Waals surface area contributed by atoms with Crippen molar-refractivity contribution in [3.8, 4) is 11.5 Å². The molecule has 212 valence electrons. The van der Waals surface area contributed by atoms with Gasteiger partial charge in [-0.05, 0) is 79.9 Å². The highest BCUT2D eigenvalue weighted by Crippen LogP contribution is 2.38. The molecule has 1 aliphatic rings. The Morgan fingerprint density at radius 3 is 2.44 bits per heavy atom. The number of ether oxygens (including phenoxy) is 2. The van der Waals surface area contributed by atoms with Crippen LogP contribution in [0.4, 0.5) is 16.2 Å². The van der Waals surface area contributed by atoms with E-state index in [4.69, 9.17) is 44.3 Å². The van der Waals surface area contributed by atoms with E-state index >= 15 is 0 Å². The summed E-state index contributed by atoms with van der Waals surface area (Å²) in [5, 5.41) is 5.37. The Morgan fingerprint density at radius 1 is 0.976 bits per heavy atom. The van der Waals surface area contributed by atoms with Gasteiger partial charge in [-0.2, -0.15) is 0 Å². The quantitative estimate of drug-likeness (QED) is 0.225. The van der Waals surface area contributed by atoms with Crippen molar-refractivity contribution < 1.29 is 28.7 Å². The van der Waals surface area contributed by atoms with Crippen molar-refractivity contribution in [2.24, 2.45) is 0 Å². The van der Waals surface area contributed by atoms with Gasteiger partial charge in [0.05, 0.1) is 27.4 Å². The molecular weight excluding hydrogens is 593 g/mol. The summed E-state index contributed by atoms with van der Waals surface area (Å²) in [6.07, 6.45) is 1.26. The lowest BCUT2D eigenvalue weighted by molar-refractivity contribution is -0.122. The predicted octanol–water partition coefficient (Wildman–Crippen LogP) is 6.35. The number of hydrogen-bond donors (Lipinski definition) is 2. The van der Waals surface area contributed by atoms with E-state index in [1.54, 1.807) is 13.0 Å². The Balaban J connectivity index is 1.59. The molecule has 12 heteroatoms. The van der Waals surface area contributed by atoms with E-state index in [0.29, 0.717) is 11.3 Å². The molecule has 41 heavy (non-hydrogen) atoms. The van der Waals surface area contributed by atoms with Gasteiger partial charge in [-0.3, -0.25) is 19.7 Å². The molecule has 3 aromatic rings. The zero-order chi connectivity index (χ0) is 29.8. The lowest BCUT2D eigenvalue weighted by atomic mass is 10.1. The molecule has 9 nitrogen and oxygen atoms in total. The summed E-state index contributed by atoms with van der Waals surface area (Å²) in [5.41, 5.74) is 2.73. The summed E-state index contributed by atoms with van der Waals surface area (Å²) in [5.74, 6) is -1.88. The standard InChI is InChI=1S/C29H24Cl3N3O6/c1-4-40-24-12-17(11-22(32)26(24)41-14-25(36)33-23-7-5-6-15(2)16(23)3)10-19-27(37)34-29(39)35(28(19)38)18-8-9-20(30)21(31)13-18/h5-13H,4,14H2,1-3H3,(H,33,36)(H,34,37,39)/b19-10-. The maximum Gasteiger partial charge on any atom is 0.335 e. The van der Waals surface area contributed by atoms with E-state index in [1.165, 1.54) is 36.4 Å². The minimum absolute atomic E-state index is 0.0726. The van der Waals surface area contributed by atoms with Crippen molar-refractivity contribution >= 4 is 76.0 Å². The molecule has 1 saturated heterocycles. The SMILES string of the molecule is CCOc1cc(/C=C2/C(=O)NC(=O)N(c3ccc(Cl)c(Cl)c3)C2=O)cc(Cl)c1OCC(=O)Nc1cccc(C)c1C. The molecule has 1 heterocycles. The number of halogens is 3. The largest absolute Gasteiger partial charge is 0.490 e. The van der Waals surface area contributed by atoms with E-state index in [0.717, 1.165) is 16.0 Å². The van der Waals surface area contributed by atoms with Gasteiger partial charge in [-0.15, -0.1) is 0 Å². The number of carbonyl (C=O) groups excluding carboxylic acids is 4. The van der Waals surface area contributed by atoms with Gasteiger partial charge >= 0.3 is 6.03 Å². The number of benzene rings is 3. The lowest BCUT2D eigenvalue weighted by Gasteiger charge is -2.26. The fourth-order valence-electron chi connectivity index (χ4n) is 3.97. The highest BCUT2D eigenvalue weighted by Gasteiger charge is 2.37. The number of barbiturate groups is 1. The Morgan fingerprint density at radius 2 is 1.73 bits per heavy atom. The maximum absolute atomic E-state index is 13.2. The van der Waals surface area contributed by atoms with Crippen LogP contribution in [0.2, 0.25) is 15.1 Å². The fraction of sp³-hybridized carbons (Fsp3) is 0.172. The van der Waals surface area contributed by atoms with Crippen molar-refractivity contribution in [1.29, 1.82) is 0 Å². The highest BCUT2D eigenvalue weighted by molar-refractivity contribution is 6.43. The Labute approximate surface area is 251 Å². The van der Waals surface area contributed by atoms with Crippen LogP contribution in [0.3, 0.4) is 0 Å². The number of urea groups is 1. The second kappa shape index (κ2) is 12.6. The number of hydrogen-bond acceptors (Lipinski definition) is 6. The molecule has 0 atom stereocenters. The molecule has 0 aromatic heterocycles. The van der Waals surface area contributed by atoms with Gasteiger partial charge in [-0.25, -0.2) is 9.69 Å². The molecular formula is C29H24Cl3N3O6. The Kier molecular flexibility index (Phi) is 9.22. The molecule has 1 aliphatic heterocycles. The Hall–Kier alpha value is -4.05. The fourth-order valence-corrected chi connectivity index (χ4v) is 4.53. The average molecular weight is 617 g/mol. The van der Waals surface area contributed by atoms with Gasteiger partial charge in [0.2, 0.25) is 0 Å². The molecule has 0 radical (unpaired) electrons. The average Bonchev–Trinajstić information content (AvgIpc) is 2.91. The van der Waals surface area contributed by atoms with Gasteiger partial charge in [0.15, 0.2) is 18.1 Å². The normalized spacial score (nSPS) is 14.2. The van der Waals surface area contributed by atoms with Gasteiger partial charge in [-0.1, -0.05) is 46.9 Å².